The number of aromatic nitrogens is 2. The van der Waals surface area contributed by atoms with Crippen LogP contribution in [0.3, 0.4) is 0 Å². The monoisotopic (exact) mass is 276 g/mol. The van der Waals surface area contributed by atoms with Gasteiger partial charge in [0.15, 0.2) is 5.78 Å². The Morgan fingerprint density at radius 2 is 2.10 bits per heavy atom. The Labute approximate surface area is 123 Å². The number of allylic oxidation sites excluding steroid dienone is 1. The number of benzene rings is 2. The van der Waals surface area contributed by atoms with Gasteiger partial charge >= 0.3 is 0 Å². The largest absolute Gasteiger partial charge is 0.295 e. The van der Waals surface area contributed by atoms with Crippen LogP contribution < -0.4 is 0 Å². The molecular weight excluding hydrogens is 260 g/mol. The molecule has 3 heteroatoms. The summed E-state index contributed by atoms with van der Waals surface area (Å²) in [6.07, 6.45) is 1.75. The van der Waals surface area contributed by atoms with Crippen LogP contribution in [0.5, 0.6) is 0 Å². The first-order valence-corrected chi connectivity index (χ1v) is 6.87. The van der Waals surface area contributed by atoms with Crippen molar-refractivity contribution in [2.24, 2.45) is 0 Å². The average Bonchev–Trinajstić information content (AvgIpc) is 2.93. The third kappa shape index (κ3) is 2.50. The zero-order chi connectivity index (χ0) is 14.8. The summed E-state index contributed by atoms with van der Waals surface area (Å²) in [6.45, 7) is 5.54. The van der Waals surface area contributed by atoms with Gasteiger partial charge < -0.3 is 0 Å². The Morgan fingerprint density at radius 3 is 2.90 bits per heavy atom. The summed E-state index contributed by atoms with van der Waals surface area (Å²) < 4.78 is 0. The Hall–Kier alpha value is -2.68. The van der Waals surface area contributed by atoms with Gasteiger partial charge in [-0.15, -0.1) is 0 Å². The van der Waals surface area contributed by atoms with E-state index in [0.717, 1.165) is 33.3 Å². The molecule has 0 fully saturated rings. The second-order valence-corrected chi connectivity index (χ2v) is 5.11. The van der Waals surface area contributed by atoms with Crippen molar-refractivity contribution in [3.05, 3.63) is 66.2 Å². The van der Waals surface area contributed by atoms with E-state index in [1.54, 1.807) is 0 Å². The number of nitrogens with zero attached hydrogens (tertiary/aromatic N) is 1. The van der Waals surface area contributed by atoms with Crippen molar-refractivity contribution >= 4 is 16.7 Å². The van der Waals surface area contributed by atoms with Gasteiger partial charge in [-0.2, -0.15) is 5.10 Å². The molecule has 0 saturated carbocycles. The zero-order valence-corrected chi connectivity index (χ0v) is 11.9. The Morgan fingerprint density at radius 1 is 1.29 bits per heavy atom. The van der Waals surface area contributed by atoms with Crippen LogP contribution in [0.1, 0.15) is 11.1 Å². The van der Waals surface area contributed by atoms with E-state index in [-0.39, 0.29) is 5.78 Å². The molecule has 0 aliphatic carbocycles. The van der Waals surface area contributed by atoms with Gasteiger partial charge in [-0.05, 0) is 36.3 Å². The smallest absolute Gasteiger partial charge is 0.159 e. The number of hydrogen-bond donors (Lipinski definition) is 1. The molecule has 0 aliphatic rings. The Balaban J connectivity index is 2.08. The molecule has 1 N–H and O–H groups in total. The van der Waals surface area contributed by atoms with Crippen LogP contribution in [0.4, 0.5) is 0 Å². The third-order valence-electron chi connectivity index (χ3n) is 3.69. The van der Waals surface area contributed by atoms with Gasteiger partial charge in [0.05, 0.1) is 11.2 Å². The molecule has 21 heavy (non-hydrogen) atoms. The van der Waals surface area contributed by atoms with Gasteiger partial charge in [0.1, 0.15) is 0 Å². The molecule has 0 aliphatic heterocycles. The number of aromatic amines is 1. The van der Waals surface area contributed by atoms with Gasteiger partial charge in [0.25, 0.3) is 0 Å². The van der Waals surface area contributed by atoms with Crippen molar-refractivity contribution in [1.29, 1.82) is 0 Å². The molecule has 3 nitrogen and oxygen atoms in total. The first-order valence-electron chi connectivity index (χ1n) is 6.87. The summed E-state index contributed by atoms with van der Waals surface area (Å²) >= 11 is 0. The van der Waals surface area contributed by atoms with Gasteiger partial charge in [0.2, 0.25) is 0 Å². The van der Waals surface area contributed by atoms with E-state index in [1.807, 2.05) is 49.4 Å². The standard InChI is InChI=1S/C18H16N2O/c1-3-15(21)11-14-10-13(9-8-12(14)2)18-16-6-4-5-7-17(16)19-20-18/h3-10H,1,11H2,2H3,(H,19,20). The van der Waals surface area contributed by atoms with Crippen LogP contribution in [-0.2, 0) is 11.2 Å². The summed E-state index contributed by atoms with van der Waals surface area (Å²) in [5.41, 5.74) is 5.07. The maximum absolute atomic E-state index is 11.6. The normalized spacial score (nSPS) is 10.7. The van der Waals surface area contributed by atoms with Gasteiger partial charge in [0, 0.05) is 17.4 Å². The number of H-pyrrole nitrogens is 1. The van der Waals surface area contributed by atoms with Crippen LogP contribution in [0, 0.1) is 6.92 Å². The number of aryl methyl sites for hydroxylation is 1. The van der Waals surface area contributed by atoms with Crippen LogP contribution in [-0.4, -0.2) is 16.0 Å². The van der Waals surface area contributed by atoms with Crippen molar-refractivity contribution in [1.82, 2.24) is 10.2 Å². The third-order valence-corrected chi connectivity index (χ3v) is 3.69. The SMILES string of the molecule is C=CC(=O)Cc1cc(-c2n[nH]c3ccccc23)ccc1C. The fraction of sp³-hybridized carbons (Fsp3) is 0.111. The summed E-state index contributed by atoms with van der Waals surface area (Å²) in [4.78, 5) is 11.6. The van der Waals surface area contributed by atoms with E-state index in [0.29, 0.717) is 6.42 Å². The molecule has 0 spiro atoms. The molecule has 0 amide bonds. The van der Waals surface area contributed by atoms with Crippen LogP contribution in [0.2, 0.25) is 0 Å². The van der Waals surface area contributed by atoms with Gasteiger partial charge in [-0.25, -0.2) is 0 Å². The number of nitrogens with one attached hydrogen (secondary N) is 1. The zero-order valence-electron chi connectivity index (χ0n) is 11.9. The number of carbonyl (C=O) groups is 1. The summed E-state index contributed by atoms with van der Waals surface area (Å²) in [6, 6.07) is 14.1. The minimum atomic E-state index is 0.0298. The highest BCUT2D eigenvalue weighted by Gasteiger charge is 2.10. The second kappa shape index (κ2) is 5.37. The van der Waals surface area contributed by atoms with E-state index in [9.17, 15) is 4.79 Å². The Kier molecular flexibility index (Phi) is 3.40. The molecule has 1 heterocycles. The molecule has 0 bridgehead atoms. The maximum atomic E-state index is 11.6. The lowest BCUT2D eigenvalue weighted by atomic mass is 9.98. The van der Waals surface area contributed by atoms with Crippen LogP contribution >= 0.6 is 0 Å². The quantitative estimate of drug-likeness (QED) is 0.736. The highest BCUT2D eigenvalue weighted by Crippen LogP contribution is 2.27. The Bertz CT molecular complexity index is 830. The molecule has 3 rings (SSSR count). The average molecular weight is 276 g/mol. The molecule has 0 unspecified atom stereocenters. The number of rotatable bonds is 4. The molecular formula is C18H16N2O. The highest BCUT2D eigenvalue weighted by molar-refractivity contribution is 5.94. The van der Waals surface area contributed by atoms with Crippen LogP contribution in [0.15, 0.2) is 55.1 Å². The first kappa shape index (κ1) is 13.3. The molecule has 104 valence electrons. The number of ketones is 1. The minimum absolute atomic E-state index is 0.0298. The van der Waals surface area contributed by atoms with Crippen LogP contribution in [0.25, 0.3) is 22.2 Å². The second-order valence-electron chi connectivity index (χ2n) is 5.11. The topological polar surface area (TPSA) is 45.8 Å². The predicted octanol–water partition coefficient (Wildman–Crippen LogP) is 3.84. The molecule has 0 radical (unpaired) electrons. The van der Waals surface area contributed by atoms with Crippen molar-refractivity contribution in [3.63, 3.8) is 0 Å². The molecule has 0 atom stereocenters. The van der Waals surface area contributed by atoms with Crippen molar-refractivity contribution in [2.75, 3.05) is 0 Å². The predicted molar refractivity (Wildman–Crippen MR) is 85.2 cm³/mol. The molecule has 0 saturated heterocycles. The lowest BCUT2D eigenvalue weighted by molar-refractivity contribution is -0.114. The summed E-state index contributed by atoms with van der Waals surface area (Å²) in [5, 5.41) is 8.53. The van der Waals surface area contributed by atoms with E-state index in [1.165, 1.54) is 6.08 Å². The fourth-order valence-corrected chi connectivity index (χ4v) is 2.45. The number of para-hydroxylation sites is 1. The summed E-state index contributed by atoms with van der Waals surface area (Å²) in [7, 11) is 0. The number of fused-ring (bicyclic) bond motifs is 1. The van der Waals surface area contributed by atoms with E-state index in [4.69, 9.17) is 0 Å². The molecule has 3 aromatic rings. The lowest BCUT2D eigenvalue weighted by Crippen LogP contribution is -2.00. The van der Waals surface area contributed by atoms with Crippen molar-refractivity contribution in [2.45, 2.75) is 13.3 Å². The number of carbonyl (C=O) groups excluding carboxylic acids is 1. The van der Waals surface area contributed by atoms with Gasteiger partial charge in [-0.1, -0.05) is 36.9 Å². The van der Waals surface area contributed by atoms with E-state index >= 15 is 0 Å². The molecule has 2 aromatic carbocycles. The van der Waals surface area contributed by atoms with Crippen molar-refractivity contribution < 1.29 is 4.79 Å². The minimum Gasteiger partial charge on any atom is -0.295 e. The van der Waals surface area contributed by atoms with E-state index < -0.39 is 0 Å². The lowest BCUT2D eigenvalue weighted by Gasteiger charge is -2.06. The van der Waals surface area contributed by atoms with Gasteiger partial charge in [-0.3, -0.25) is 9.89 Å². The maximum Gasteiger partial charge on any atom is 0.159 e. The highest BCUT2D eigenvalue weighted by atomic mass is 16.1. The first-order chi connectivity index (χ1) is 10.2. The number of hydrogen-bond acceptors (Lipinski definition) is 2. The van der Waals surface area contributed by atoms with Crippen molar-refractivity contribution in [3.8, 4) is 11.3 Å². The van der Waals surface area contributed by atoms with E-state index in [2.05, 4.69) is 16.8 Å². The fourth-order valence-electron chi connectivity index (χ4n) is 2.45. The summed E-state index contributed by atoms with van der Waals surface area (Å²) in [5.74, 6) is 0.0298. The molecule has 1 aromatic heterocycles.